The van der Waals surface area contributed by atoms with Gasteiger partial charge < -0.3 is 0 Å². The molecule has 2 aliphatic carbocycles. The summed E-state index contributed by atoms with van der Waals surface area (Å²) in [5.41, 5.74) is 11.7. The van der Waals surface area contributed by atoms with Crippen molar-refractivity contribution in [2.75, 3.05) is 0 Å². The predicted octanol–water partition coefficient (Wildman–Crippen LogP) is 8.24. The van der Waals surface area contributed by atoms with Crippen molar-refractivity contribution < 1.29 is 26.2 Å². The van der Waals surface area contributed by atoms with Crippen LogP contribution in [0.3, 0.4) is 0 Å². The Morgan fingerprint density at radius 3 is 2.18 bits per heavy atom. The first-order valence-corrected chi connectivity index (χ1v) is 17.1. The summed E-state index contributed by atoms with van der Waals surface area (Å²) in [5.74, 6) is 0.339. The molecule has 0 N–H and O–H groups in total. The summed E-state index contributed by atoms with van der Waals surface area (Å²) in [4.78, 5) is 2.99. The summed E-state index contributed by atoms with van der Waals surface area (Å²) >= 11 is 3.99. The van der Waals surface area contributed by atoms with Crippen LogP contribution in [0.1, 0.15) is 62.1 Å². The van der Waals surface area contributed by atoms with Gasteiger partial charge in [0.2, 0.25) is 0 Å². The summed E-state index contributed by atoms with van der Waals surface area (Å²) in [6.07, 6.45) is 6.35. The molecule has 3 aliphatic rings. The molecule has 0 fully saturated rings. The number of hydrogen-bond donors (Lipinski definition) is 0. The van der Waals surface area contributed by atoms with Gasteiger partial charge in [-0.05, 0) is 74.6 Å². The third-order valence-electron chi connectivity index (χ3n) is 7.97. The van der Waals surface area contributed by atoms with Crippen molar-refractivity contribution in [1.29, 1.82) is 0 Å². The molecule has 2 unspecified atom stereocenters. The molecule has 39 heavy (non-hydrogen) atoms. The average molecular weight is 687 g/mol. The molecular formula is C33H36Cl2S2SiZr-. The smallest absolute Gasteiger partial charge is 0.0592 e. The van der Waals surface area contributed by atoms with Gasteiger partial charge in [-0.3, -0.25) is 0 Å². The van der Waals surface area contributed by atoms with Crippen LogP contribution in [0.2, 0.25) is 13.1 Å². The molecule has 0 saturated heterocycles. The van der Waals surface area contributed by atoms with E-state index >= 15 is 0 Å². The molecule has 0 bridgehead atoms. The molecule has 2 aromatic carbocycles. The van der Waals surface area contributed by atoms with Crippen LogP contribution in [0.25, 0.3) is 28.9 Å². The Bertz CT molecular complexity index is 1600. The molecule has 0 nitrogen and oxygen atoms in total. The van der Waals surface area contributed by atoms with Crippen LogP contribution < -0.4 is 14.9 Å². The van der Waals surface area contributed by atoms with E-state index in [2.05, 4.69) is 109 Å². The Morgan fingerprint density at radius 1 is 0.897 bits per heavy atom. The van der Waals surface area contributed by atoms with Gasteiger partial charge in [0.1, 0.15) is 0 Å². The first-order valence-electron chi connectivity index (χ1n) is 12.9. The van der Waals surface area contributed by atoms with Crippen molar-refractivity contribution in [2.45, 2.75) is 71.2 Å². The van der Waals surface area contributed by atoms with Crippen LogP contribution in [0.15, 0.2) is 58.5 Å². The van der Waals surface area contributed by atoms with Crippen molar-refractivity contribution in [3.63, 3.8) is 0 Å². The normalized spacial score (nSPS) is 19.0. The second kappa shape index (κ2) is 11.9. The number of halogens is 2. The van der Waals surface area contributed by atoms with E-state index in [9.17, 15) is 0 Å². The summed E-state index contributed by atoms with van der Waals surface area (Å²) in [6.45, 7) is 18.7. The van der Waals surface area contributed by atoms with E-state index in [0.717, 1.165) is 0 Å². The molecule has 1 radical (unpaired) electrons. The van der Waals surface area contributed by atoms with Gasteiger partial charge >= 0.3 is 0 Å². The Hall–Kier alpha value is -0.610. The van der Waals surface area contributed by atoms with E-state index in [1.54, 1.807) is 21.6 Å². The second-order valence-corrected chi connectivity index (χ2v) is 16.8. The quantitative estimate of drug-likeness (QED) is 0.198. The summed E-state index contributed by atoms with van der Waals surface area (Å²) in [7, 11) is -0.551. The Labute approximate surface area is 275 Å². The minimum Gasteiger partial charge on any atom is -0.240 e. The summed E-state index contributed by atoms with van der Waals surface area (Å²) in [5, 5.41) is 3.56. The van der Waals surface area contributed by atoms with E-state index in [-0.39, 0.29) is 56.4 Å². The molecule has 0 spiro atoms. The zero-order chi connectivity index (χ0) is 25.5. The van der Waals surface area contributed by atoms with Crippen molar-refractivity contribution in [3.05, 3.63) is 89.8 Å². The number of allylic oxidation sites excluding steroid dienone is 3. The van der Waals surface area contributed by atoms with Crippen LogP contribution in [0.4, 0.5) is 0 Å². The Balaban J connectivity index is 0.00000140. The van der Waals surface area contributed by atoms with Crippen LogP contribution in [0.5, 0.6) is 0 Å². The van der Waals surface area contributed by atoms with Crippen molar-refractivity contribution in [3.8, 4) is 11.1 Å². The maximum atomic E-state index is 3.89. The molecule has 6 heteroatoms. The third-order valence-corrected chi connectivity index (χ3v) is 12.0. The van der Waals surface area contributed by atoms with Gasteiger partial charge in [-0.25, -0.2) is 6.08 Å². The van der Waals surface area contributed by atoms with Crippen molar-refractivity contribution >= 4 is 79.6 Å². The zero-order valence-electron chi connectivity index (χ0n) is 23.9. The van der Waals surface area contributed by atoms with E-state index in [1.165, 1.54) is 47.7 Å². The number of thiophene rings is 1. The molecular weight excluding hydrogens is 651 g/mol. The number of thioether (sulfide) groups is 1. The molecule has 0 amide bonds. The third kappa shape index (κ3) is 5.37. The number of fused-ring (bicyclic) bond motifs is 3. The largest absolute Gasteiger partial charge is 0.240 e. The van der Waals surface area contributed by atoms with Gasteiger partial charge in [0.05, 0.1) is 8.80 Å². The molecule has 203 valence electrons. The van der Waals surface area contributed by atoms with Crippen LogP contribution in [0, 0.1) is 6.92 Å². The number of aryl methyl sites for hydroxylation is 1. The van der Waals surface area contributed by atoms with Crippen molar-refractivity contribution in [1.82, 2.24) is 0 Å². The van der Waals surface area contributed by atoms with Crippen LogP contribution >= 0.6 is 47.9 Å². The molecule has 0 saturated carbocycles. The fourth-order valence-corrected chi connectivity index (χ4v) is 11.0. The first kappa shape index (κ1) is 32.9. The minimum absolute atomic E-state index is 0. The van der Waals surface area contributed by atoms with Crippen molar-refractivity contribution in [2.24, 2.45) is 0 Å². The van der Waals surface area contributed by atoms with E-state index in [0.29, 0.717) is 11.2 Å². The Morgan fingerprint density at radius 2 is 1.56 bits per heavy atom. The monoisotopic (exact) mass is 684 g/mol. The Kier molecular flexibility index (Phi) is 10.1. The fourth-order valence-electron chi connectivity index (χ4n) is 6.32. The number of benzene rings is 2. The maximum Gasteiger partial charge on any atom is 0.0592 e. The summed E-state index contributed by atoms with van der Waals surface area (Å²) < 4.78 is 1.40. The molecule has 1 aliphatic heterocycles. The molecule has 3 aromatic rings. The SMILES string of the molecule is CC1=Cc2c(-c3ccc(C(C)(C)C)cc3)cccc2C1C1=C(C)SC2[C-]=c3sc(C)c([Si](C)C)c3=C12.Cl.Cl.[Zr]. The number of rotatable bonds is 3. The number of hydrogen-bond acceptors (Lipinski definition) is 2. The van der Waals surface area contributed by atoms with E-state index < -0.39 is 8.80 Å². The maximum absolute atomic E-state index is 3.89. The van der Waals surface area contributed by atoms with Gasteiger partial charge in [0.15, 0.2) is 0 Å². The molecule has 2 heterocycles. The molecule has 1 aromatic heterocycles. The van der Waals surface area contributed by atoms with Gasteiger partial charge in [-0.15, -0.1) is 51.9 Å². The molecule has 2 atom stereocenters. The van der Waals surface area contributed by atoms with Gasteiger partial charge in [0.25, 0.3) is 0 Å². The van der Waals surface area contributed by atoms with E-state index in [4.69, 9.17) is 0 Å². The van der Waals surface area contributed by atoms with Gasteiger partial charge in [0, 0.05) is 32.1 Å². The fraction of sp³-hybridized carbons (Fsp3) is 0.333. The average Bonchev–Trinajstić information content (AvgIpc) is 3.49. The molecule has 6 rings (SSSR count). The predicted molar refractivity (Wildman–Crippen MR) is 178 cm³/mol. The minimum atomic E-state index is -0.551. The van der Waals surface area contributed by atoms with Crippen LogP contribution in [-0.2, 0) is 31.6 Å². The first-order chi connectivity index (χ1) is 17.1. The topological polar surface area (TPSA) is 0 Å². The van der Waals surface area contributed by atoms with Crippen LogP contribution in [-0.4, -0.2) is 14.0 Å². The summed E-state index contributed by atoms with van der Waals surface area (Å²) in [6, 6.07) is 16.2. The van der Waals surface area contributed by atoms with Gasteiger partial charge in [-0.1, -0.05) is 88.0 Å². The second-order valence-electron chi connectivity index (χ2n) is 11.7. The standard InChI is InChI=1S/C33H34S2Si.2ClH.Zr/c1-18-16-25-23(21-12-14-22(15-13-21)33(4,5)6)10-9-11-24(25)28(18)29-19(2)34-26-17-27-31(30(26)29)32(36(7)8)20(3)35-27;;;/h9-16,26,28H,1-8H3;2*1H;/q-1;;;. The van der Waals surface area contributed by atoms with E-state index in [1.807, 2.05) is 23.1 Å². The zero-order valence-corrected chi connectivity index (χ0v) is 30.6. The van der Waals surface area contributed by atoms with Gasteiger partial charge in [-0.2, -0.15) is 16.6 Å².